The summed E-state index contributed by atoms with van der Waals surface area (Å²) in [5.41, 5.74) is 3.91. The molecule has 1 atom stereocenters. The van der Waals surface area contributed by atoms with Gasteiger partial charge in [0.15, 0.2) is 6.10 Å². The second-order valence-electron chi connectivity index (χ2n) is 7.06. The largest absolute Gasteiger partial charge is 0.479 e. The van der Waals surface area contributed by atoms with Crippen LogP contribution in [0.25, 0.3) is 6.08 Å². The van der Waals surface area contributed by atoms with Gasteiger partial charge in [0, 0.05) is 11.8 Å². The van der Waals surface area contributed by atoms with Gasteiger partial charge in [-0.3, -0.25) is 9.48 Å². The lowest BCUT2D eigenvalue weighted by molar-refractivity contribution is -0.153. The Morgan fingerprint density at radius 2 is 1.94 bits per heavy atom. The molecule has 2 N–H and O–H groups in total. The highest BCUT2D eigenvalue weighted by Gasteiger charge is 2.16. The predicted octanol–water partition coefficient (Wildman–Crippen LogP) is 3.10. The van der Waals surface area contributed by atoms with Crippen molar-refractivity contribution >= 4 is 17.8 Å². The van der Waals surface area contributed by atoms with Crippen molar-refractivity contribution in [1.82, 2.24) is 9.78 Å². The smallest absolute Gasteiger partial charge is 0.335 e. The number of aryl methyl sites for hydroxylation is 1. The monoisotopic (exact) mass is 420 g/mol. The summed E-state index contributed by atoms with van der Waals surface area (Å²) in [7, 11) is 0. The van der Waals surface area contributed by atoms with Gasteiger partial charge in [-0.1, -0.05) is 60.2 Å². The number of hydrogen-bond donors (Lipinski definition) is 2. The molecule has 7 nitrogen and oxygen atoms in total. The lowest BCUT2D eigenvalue weighted by Gasteiger charge is -2.11. The minimum Gasteiger partial charge on any atom is -0.479 e. The Hall–Kier alpha value is -3.55. The maximum Gasteiger partial charge on any atom is 0.335 e. The first-order valence-electron chi connectivity index (χ1n) is 9.82. The SMILES string of the molecule is Cc1ccc(C(=O)c2ccnn2C/C=C/c2cccc(COC(CO)C(=O)O)c2)cc1. The number of carboxylic acids is 1. The fourth-order valence-corrected chi connectivity index (χ4v) is 3.00. The summed E-state index contributed by atoms with van der Waals surface area (Å²) in [5, 5.41) is 22.2. The molecule has 0 radical (unpaired) electrons. The summed E-state index contributed by atoms with van der Waals surface area (Å²) in [6, 6.07) is 16.6. The minimum atomic E-state index is -1.25. The van der Waals surface area contributed by atoms with Crippen LogP contribution in [0.2, 0.25) is 0 Å². The van der Waals surface area contributed by atoms with E-state index < -0.39 is 18.7 Å². The van der Waals surface area contributed by atoms with Crippen LogP contribution in [0, 0.1) is 6.92 Å². The number of carbonyl (C=O) groups is 2. The highest BCUT2D eigenvalue weighted by Crippen LogP contribution is 2.13. The second-order valence-corrected chi connectivity index (χ2v) is 7.06. The van der Waals surface area contributed by atoms with Crippen molar-refractivity contribution in [2.45, 2.75) is 26.2 Å². The Morgan fingerprint density at radius 1 is 1.16 bits per heavy atom. The Labute approximate surface area is 180 Å². The van der Waals surface area contributed by atoms with Crippen molar-refractivity contribution in [1.29, 1.82) is 0 Å². The van der Waals surface area contributed by atoms with Crippen molar-refractivity contribution in [3.05, 3.63) is 94.8 Å². The van der Waals surface area contributed by atoms with E-state index in [4.69, 9.17) is 14.9 Å². The average molecular weight is 420 g/mol. The number of carbonyl (C=O) groups excluding carboxylic acids is 1. The van der Waals surface area contributed by atoms with Gasteiger partial charge in [-0.15, -0.1) is 0 Å². The Morgan fingerprint density at radius 3 is 2.65 bits per heavy atom. The van der Waals surface area contributed by atoms with Gasteiger partial charge in [-0.05, 0) is 30.2 Å². The molecular weight excluding hydrogens is 396 g/mol. The number of allylic oxidation sites excluding steroid dienone is 1. The number of benzene rings is 2. The summed E-state index contributed by atoms with van der Waals surface area (Å²) in [6.07, 6.45) is 4.15. The summed E-state index contributed by atoms with van der Waals surface area (Å²) in [5.74, 6) is -1.28. The first kappa shape index (κ1) is 22.1. The minimum absolute atomic E-state index is 0.0769. The Balaban J connectivity index is 1.64. The van der Waals surface area contributed by atoms with Crippen molar-refractivity contribution in [3.8, 4) is 0 Å². The Kier molecular flexibility index (Phi) is 7.48. The number of hydrogen-bond acceptors (Lipinski definition) is 5. The molecule has 0 aliphatic carbocycles. The maximum atomic E-state index is 12.8. The molecule has 0 spiro atoms. The summed E-state index contributed by atoms with van der Waals surface area (Å²) >= 11 is 0. The zero-order valence-corrected chi connectivity index (χ0v) is 17.1. The van der Waals surface area contributed by atoms with E-state index in [0.717, 1.165) is 16.7 Å². The highest BCUT2D eigenvalue weighted by atomic mass is 16.5. The molecule has 0 aliphatic heterocycles. The number of aliphatic carboxylic acids is 1. The van der Waals surface area contributed by atoms with E-state index in [0.29, 0.717) is 17.8 Å². The van der Waals surface area contributed by atoms with E-state index in [2.05, 4.69) is 5.10 Å². The van der Waals surface area contributed by atoms with Gasteiger partial charge in [0.2, 0.25) is 5.78 Å². The summed E-state index contributed by atoms with van der Waals surface area (Å²) in [6.45, 7) is 1.89. The fourth-order valence-electron chi connectivity index (χ4n) is 3.00. The number of rotatable bonds is 10. The van der Waals surface area contributed by atoms with E-state index in [-0.39, 0.29) is 12.4 Å². The topological polar surface area (TPSA) is 102 Å². The average Bonchev–Trinajstić information content (AvgIpc) is 3.23. The number of aliphatic hydroxyl groups excluding tert-OH is 1. The van der Waals surface area contributed by atoms with Crippen LogP contribution in [0.1, 0.15) is 32.7 Å². The fraction of sp³-hybridized carbons (Fsp3) is 0.208. The summed E-state index contributed by atoms with van der Waals surface area (Å²) < 4.78 is 6.87. The lowest BCUT2D eigenvalue weighted by atomic mass is 10.1. The molecule has 0 fully saturated rings. The zero-order valence-electron chi connectivity index (χ0n) is 17.1. The van der Waals surface area contributed by atoms with Crippen LogP contribution in [0.15, 0.2) is 66.9 Å². The number of ether oxygens (including phenoxy) is 1. The van der Waals surface area contributed by atoms with Gasteiger partial charge < -0.3 is 14.9 Å². The molecule has 1 unspecified atom stereocenters. The molecule has 3 rings (SSSR count). The van der Waals surface area contributed by atoms with Gasteiger partial charge in [-0.25, -0.2) is 4.79 Å². The van der Waals surface area contributed by atoms with Gasteiger partial charge >= 0.3 is 5.97 Å². The predicted molar refractivity (Wildman–Crippen MR) is 116 cm³/mol. The molecule has 31 heavy (non-hydrogen) atoms. The number of carboxylic acid groups (broad SMARTS) is 1. The molecule has 7 heteroatoms. The molecule has 0 amide bonds. The first-order chi connectivity index (χ1) is 15.0. The molecule has 0 bridgehead atoms. The highest BCUT2D eigenvalue weighted by molar-refractivity contribution is 6.07. The molecule has 2 aromatic carbocycles. The molecular formula is C24H24N2O5. The van der Waals surface area contributed by atoms with Gasteiger partial charge in [0.1, 0.15) is 5.69 Å². The van der Waals surface area contributed by atoms with E-state index in [9.17, 15) is 9.59 Å². The summed E-state index contributed by atoms with van der Waals surface area (Å²) in [4.78, 5) is 23.7. The van der Waals surface area contributed by atoms with E-state index in [1.807, 2.05) is 67.6 Å². The number of aromatic nitrogens is 2. The van der Waals surface area contributed by atoms with E-state index in [1.54, 1.807) is 16.9 Å². The molecule has 1 heterocycles. The normalized spacial score (nSPS) is 12.2. The number of aliphatic hydroxyl groups is 1. The molecule has 0 saturated carbocycles. The van der Waals surface area contributed by atoms with Gasteiger partial charge in [-0.2, -0.15) is 5.10 Å². The third-order valence-electron chi connectivity index (χ3n) is 4.70. The molecule has 0 aliphatic rings. The van der Waals surface area contributed by atoms with Crippen LogP contribution in [-0.2, 0) is 22.7 Å². The van der Waals surface area contributed by atoms with Gasteiger partial charge in [0.25, 0.3) is 0 Å². The Bertz CT molecular complexity index is 1070. The van der Waals surface area contributed by atoms with Crippen LogP contribution in [0.3, 0.4) is 0 Å². The van der Waals surface area contributed by atoms with E-state index in [1.165, 1.54) is 0 Å². The molecule has 3 aromatic rings. The van der Waals surface area contributed by atoms with Gasteiger partial charge in [0.05, 0.1) is 19.8 Å². The first-order valence-corrected chi connectivity index (χ1v) is 9.82. The van der Waals surface area contributed by atoms with Crippen molar-refractivity contribution in [2.24, 2.45) is 0 Å². The maximum absolute atomic E-state index is 12.8. The molecule has 0 saturated heterocycles. The third-order valence-corrected chi connectivity index (χ3v) is 4.70. The van der Waals surface area contributed by atoms with Crippen LogP contribution in [0.5, 0.6) is 0 Å². The molecule has 1 aromatic heterocycles. The third kappa shape index (κ3) is 5.97. The van der Waals surface area contributed by atoms with Crippen molar-refractivity contribution in [2.75, 3.05) is 6.61 Å². The standard InChI is InChI=1S/C24H24N2O5/c1-17-7-9-20(10-8-17)23(28)21-11-12-25-26(21)13-3-6-18-4-2-5-19(14-18)16-31-22(15-27)24(29)30/h2-12,14,22,27H,13,15-16H2,1H3,(H,29,30)/b6-3+. The van der Waals surface area contributed by atoms with Crippen molar-refractivity contribution < 1.29 is 24.5 Å². The number of ketones is 1. The quantitative estimate of drug-likeness (QED) is 0.489. The van der Waals surface area contributed by atoms with E-state index >= 15 is 0 Å². The molecule has 160 valence electrons. The van der Waals surface area contributed by atoms with Crippen LogP contribution in [0.4, 0.5) is 0 Å². The van der Waals surface area contributed by atoms with Crippen molar-refractivity contribution in [3.63, 3.8) is 0 Å². The zero-order chi connectivity index (χ0) is 22.2. The van der Waals surface area contributed by atoms with Crippen LogP contribution in [-0.4, -0.2) is 44.5 Å². The van der Waals surface area contributed by atoms with Crippen LogP contribution >= 0.6 is 0 Å². The number of nitrogens with zero attached hydrogens (tertiary/aromatic N) is 2. The lowest BCUT2D eigenvalue weighted by Crippen LogP contribution is -2.27. The second kappa shape index (κ2) is 10.5. The van der Waals surface area contributed by atoms with Crippen LogP contribution < -0.4 is 0 Å².